The smallest absolute Gasteiger partial charge is 0.285 e. The van der Waals surface area contributed by atoms with Gasteiger partial charge in [0.2, 0.25) is 0 Å². The van der Waals surface area contributed by atoms with E-state index in [0.717, 1.165) is 34.2 Å². The maximum Gasteiger partial charge on any atom is 0.285 e. The summed E-state index contributed by atoms with van der Waals surface area (Å²) in [6.07, 6.45) is 2.60. The molecule has 3 rings (SSSR count). The maximum absolute atomic E-state index is 12.1. The van der Waals surface area contributed by atoms with E-state index in [9.17, 15) is 4.79 Å². The first kappa shape index (κ1) is 15.7. The number of amides is 1. The number of halogens is 1. The van der Waals surface area contributed by atoms with Crippen LogP contribution in [0.3, 0.4) is 0 Å². The fourth-order valence-corrected chi connectivity index (χ4v) is 3.36. The summed E-state index contributed by atoms with van der Waals surface area (Å²) >= 11 is 4.85. The van der Waals surface area contributed by atoms with Gasteiger partial charge in [0, 0.05) is 22.4 Å². The quantitative estimate of drug-likeness (QED) is 0.799. The van der Waals surface area contributed by atoms with Gasteiger partial charge in [0.1, 0.15) is 0 Å². The van der Waals surface area contributed by atoms with Gasteiger partial charge in [-0.2, -0.15) is 0 Å². The van der Waals surface area contributed by atoms with E-state index in [1.807, 2.05) is 36.4 Å². The molecule has 1 atom stereocenters. The van der Waals surface area contributed by atoms with Gasteiger partial charge in [-0.3, -0.25) is 4.79 Å². The van der Waals surface area contributed by atoms with Crippen molar-refractivity contribution >= 4 is 33.2 Å². The number of ether oxygens (including phenoxy) is 1. The van der Waals surface area contributed by atoms with E-state index in [-0.39, 0.29) is 12.2 Å². The molecule has 1 aliphatic rings. The SMILES string of the molecule is O=C(NOC1CCCCO1)c1ccc(-c2ccc(Br)cc2)s1. The summed E-state index contributed by atoms with van der Waals surface area (Å²) in [7, 11) is 0. The highest BCUT2D eigenvalue weighted by Crippen LogP contribution is 2.29. The summed E-state index contributed by atoms with van der Waals surface area (Å²) in [6.45, 7) is 0.688. The fourth-order valence-electron chi connectivity index (χ4n) is 2.20. The number of thiophene rings is 1. The average Bonchev–Trinajstić information content (AvgIpc) is 3.04. The lowest BCUT2D eigenvalue weighted by Gasteiger charge is -2.21. The molecule has 0 radical (unpaired) electrons. The van der Waals surface area contributed by atoms with Gasteiger partial charge in [-0.25, -0.2) is 10.3 Å². The Morgan fingerprint density at radius 2 is 2.05 bits per heavy atom. The predicted octanol–water partition coefficient (Wildman–Crippen LogP) is 4.37. The normalized spacial score (nSPS) is 18.1. The summed E-state index contributed by atoms with van der Waals surface area (Å²) in [5.41, 5.74) is 3.57. The first-order valence-corrected chi connectivity index (χ1v) is 8.77. The fraction of sp³-hybridized carbons (Fsp3) is 0.312. The molecule has 0 aliphatic carbocycles. The van der Waals surface area contributed by atoms with E-state index in [1.165, 1.54) is 11.3 Å². The third-order valence-corrected chi connectivity index (χ3v) is 5.04. The Hall–Kier alpha value is -1.21. The molecule has 4 nitrogen and oxygen atoms in total. The topological polar surface area (TPSA) is 47.6 Å². The minimum Gasteiger partial charge on any atom is -0.350 e. The van der Waals surface area contributed by atoms with Crippen LogP contribution in [0.15, 0.2) is 40.9 Å². The van der Waals surface area contributed by atoms with E-state index < -0.39 is 0 Å². The molecule has 0 bridgehead atoms. The van der Waals surface area contributed by atoms with Gasteiger partial charge in [-0.1, -0.05) is 28.1 Å². The third-order valence-electron chi connectivity index (χ3n) is 3.38. The van der Waals surface area contributed by atoms with Crippen molar-refractivity contribution in [2.75, 3.05) is 6.61 Å². The molecule has 1 unspecified atom stereocenters. The monoisotopic (exact) mass is 381 g/mol. The lowest BCUT2D eigenvalue weighted by atomic mass is 10.2. The molecule has 2 aromatic rings. The zero-order valence-corrected chi connectivity index (χ0v) is 14.3. The average molecular weight is 382 g/mol. The molecule has 0 spiro atoms. The standard InChI is InChI=1S/C16H16BrNO3S/c17-12-6-4-11(5-7-12)13-8-9-14(22-13)16(19)18-21-15-3-1-2-10-20-15/h4-9,15H,1-3,10H2,(H,18,19). The number of hydrogen-bond acceptors (Lipinski definition) is 4. The van der Waals surface area contributed by atoms with E-state index in [2.05, 4.69) is 21.4 Å². The molecular weight excluding hydrogens is 366 g/mol. The van der Waals surface area contributed by atoms with Crippen molar-refractivity contribution in [3.05, 3.63) is 45.7 Å². The Bertz CT molecular complexity index is 635. The Kier molecular flexibility index (Phi) is 5.25. The minimum atomic E-state index is -0.330. The third kappa shape index (κ3) is 3.95. The summed E-state index contributed by atoms with van der Waals surface area (Å²) < 4.78 is 6.45. The number of benzene rings is 1. The molecule has 2 heterocycles. The lowest BCUT2D eigenvalue weighted by molar-refractivity contribution is -0.186. The number of rotatable bonds is 4. The van der Waals surface area contributed by atoms with Gasteiger partial charge >= 0.3 is 0 Å². The van der Waals surface area contributed by atoms with Crippen LogP contribution in [0, 0.1) is 0 Å². The van der Waals surface area contributed by atoms with Crippen LogP contribution in [0.4, 0.5) is 0 Å². The predicted molar refractivity (Wildman–Crippen MR) is 89.6 cm³/mol. The van der Waals surface area contributed by atoms with Crippen LogP contribution in [-0.4, -0.2) is 18.8 Å². The molecule has 1 aromatic heterocycles. The molecule has 1 N–H and O–H groups in total. The van der Waals surface area contributed by atoms with Gasteiger partial charge in [-0.15, -0.1) is 11.3 Å². The second kappa shape index (κ2) is 7.37. The second-order valence-electron chi connectivity index (χ2n) is 5.02. The largest absolute Gasteiger partial charge is 0.350 e. The van der Waals surface area contributed by atoms with Crippen LogP contribution in [0.25, 0.3) is 10.4 Å². The molecule has 0 saturated carbocycles. The van der Waals surface area contributed by atoms with E-state index >= 15 is 0 Å². The molecule has 1 amide bonds. The van der Waals surface area contributed by atoms with Crippen molar-refractivity contribution in [1.29, 1.82) is 0 Å². The molecule has 6 heteroatoms. The van der Waals surface area contributed by atoms with Crippen LogP contribution in [-0.2, 0) is 9.57 Å². The molecule has 22 heavy (non-hydrogen) atoms. The van der Waals surface area contributed by atoms with E-state index in [4.69, 9.17) is 9.57 Å². The number of carbonyl (C=O) groups excluding carboxylic acids is 1. The highest BCUT2D eigenvalue weighted by molar-refractivity contribution is 9.10. The van der Waals surface area contributed by atoms with Gasteiger partial charge in [-0.05, 0) is 42.7 Å². The summed E-state index contributed by atoms with van der Waals surface area (Å²) in [6, 6.07) is 11.8. The lowest BCUT2D eigenvalue weighted by Crippen LogP contribution is -2.32. The van der Waals surface area contributed by atoms with Crippen LogP contribution in [0.2, 0.25) is 0 Å². The molecule has 1 aromatic carbocycles. The zero-order valence-electron chi connectivity index (χ0n) is 11.9. The summed E-state index contributed by atoms with van der Waals surface area (Å²) in [5.74, 6) is -0.234. The van der Waals surface area contributed by atoms with Crippen molar-refractivity contribution < 1.29 is 14.4 Å². The number of nitrogens with one attached hydrogen (secondary N) is 1. The van der Waals surface area contributed by atoms with Crippen LogP contribution >= 0.6 is 27.3 Å². The first-order chi connectivity index (χ1) is 10.7. The van der Waals surface area contributed by atoms with Crippen molar-refractivity contribution in [3.8, 4) is 10.4 Å². The van der Waals surface area contributed by atoms with Gasteiger partial charge in [0.15, 0.2) is 6.29 Å². The summed E-state index contributed by atoms with van der Waals surface area (Å²) in [5, 5.41) is 0. The Morgan fingerprint density at radius 3 is 2.77 bits per heavy atom. The van der Waals surface area contributed by atoms with Gasteiger partial charge in [0.05, 0.1) is 4.88 Å². The highest BCUT2D eigenvalue weighted by atomic mass is 79.9. The molecule has 116 valence electrons. The van der Waals surface area contributed by atoms with Crippen LogP contribution < -0.4 is 5.48 Å². The Labute approximate surface area is 141 Å². The molecular formula is C16H16BrNO3S. The molecule has 1 saturated heterocycles. The van der Waals surface area contributed by atoms with Crippen LogP contribution in [0.5, 0.6) is 0 Å². The first-order valence-electron chi connectivity index (χ1n) is 7.16. The van der Waals surface area contributed by atoms with Crippen molar-refractivity contribution in [3.63, 3.8) is 0 Å². The number of carbonyl (C=O) groups is 1. The van der Waals surface area contributed by atoms with E-state index in [1.54, 1.807) is 0 Å². The van der Waals surface area contributed by atoms with Crippen LogP contribution in [0.1, 0.15) is 28.9 Å². The van der Waals surface area contributed by atoms with Crippen molar-refractivity contribution in [2.24, 2.45) is 0 Å². The Morgan fingerprint density at radius 1 is 1.23 bits per heavy atom. The zero-order chi connectivity index (χ0) is 15.4. The van der Waals surface area contributed by atoms with Gasteiger partial charge in [0.25, 0.3) is 5.91 Å². The van der Waals surface area contributed by atoms with Gasteiger partial charge < -0.3 is 4.74 Å². The van der Waals surface area contributed by atoms with E-state index in [0.29, 0.717) is 11.5 Å². The summed E-state index contributed by atoms with van der Waals surface area (Å²) in [4.78, 5) is 19.1. The Balaban J connectivity index is 1.60. The second-order valence-corrected chi connectivity index (χ2v) is 7.02. The molecule has 1 fully saturated rings. The van der Waals surface area contributed by atoms with Crippen molar-refractivity contribution in [2.45, 2.75) is 25.6 Å². The van der Waals surface area contributed by atoms with Crippen molar-refractivity contribution in [1.82, 2.24) is 5.48 Å². The maximum atomic E-state index is 12.1. The molecule has 1 aliphatic heterocycles. The number of hydroxylamine groups is 1. The highest BCUT2D eigenvalue weighted by Gasteiger charge is 2.17. The minimum absolute atomic E-state index is 0.234. The number of hydrogen-bond donors (Lipinski definition) is 1.